The van der Waals surface area contributed by atoms with Gasteiger partial charge < -0.3 is 14.4 Å². The minimum Gasteiger partial charge on any atom is -0.444 e. The second kappa shape index (κ2) is 7.48. The Morgan fingerprint density at radius 1 is 1.29 bits per heavy atom. The van der Waals surface area contributed by atoms with E-state index in [1.807, 2.05) is 20.8 Å². The van der Waals surface area contributed by atoms with Crippen molar-refractivity contribution in [2.45, 2.75) is 78.4 Å². The summed E-state index contributed by atoms with van der Waals surface area (Å²) in [4.78, 5) is 14.0. The van der Waals surface area contributed by atoms with Gasteiger partial charge in [0.2, 0.25) is 0 Å². The molecule has 4 heteroatoms. The minimum atomic E-state index is -0.443. The molecule has 1 aliphatic heterocycles. The van der Waals surface area contributed by atoms with Crippen molar-refractivity contribution in [1.29, 1.82) is 0 Å². The second-order valence-electron chi connectivity index (χ2n) is 7.45. The second-order valence-corrected chi connectivity index (χ2v) is 7.45. The fourth-order valence-corrected chi connectivity index (χ4v) is 2.65. The fourth-order valence-electron chi connectivity index (χ4n) is 2.65. The Morgan fingerprint density at radius 2 is 1.90 bits per heavy atom. The van der Waals surface area contributed by atoms with Crippen LogP contribution in [0.1, 0.15) is 67.2 Å². The standard InChI is InChI=1S/C17H33NO3/c1-7-14(8-2)12-20-17(6)10-9-11-18(13-17)15(19)21-16(3,4)5/h14H,7-13H2,1-6H3. The number of amides is 1. The van der Waals surface area contributed by atoms with Gasteiger partial charge >= 0.3 is 6.09 Å². The third-order valence-electron chi connectivity index (χ3n) is 4.13. The Kier molecular flexibility index (Phi) is 6.51. The van der Waals surface area contributed by atoms with Crippen LogP contribution in [0.5, 0.6) is 0 Å². The van der Waals surface area contributed by atoms with Crippen LogP contribution in [-0.2, 0) is 9.47 Å². The first-order valence-corrected chi connectivity index (χ1v) is 8.31. The van der Waals surface area contributed by atoms with Crippen LogP contribution in [-0.4, -0.2) is 41.9 Å². The van der Waals surface area contributed by atoms with E-state index in [-0.39, 0.29) is 11.7 Å². The molecule has 21 heavy (non-hydrogen) atoms. The highest BCUT2D eigenvalue weighted by molar-refractivity contribution is 5.68. The van der Waals surface area contributed by atoms with Crippen LogP contribution < -0.4 is 0 Å². The highest BCUT2D eigenvalue weighted by atomic mass is 16.6. The van der Waals surface area contributed by atoms with Gasteiger partial charge in [-0.05, 0) is 46.5 Å². The van der Waals surface area contributed by atoms with Gasteiger partial charge in [-0.25, -0.2) is 4.79 Å². The third-order valence-corrected chi connectivity index (χ3v) is 4.13. The number of carbonyl (C=O) groups is 1. The van der Waals surface area contributed by atoms with Crippen molar-refractivity contribution in [3.63, 3.8) is 0 Å². The summed E-state index contributed by atoms with van der Waals surface area (Å²) in [6.45, 7) is 14.4. The number of nitrogens with zero attached hydrogens (tertiary/aromatic N) is 1. The molecule has 1 rings (SSSR count). The summed E-state index contributed by atoms with van der Waals surface area (Å²) in [5.41, 5.74) is -0.681. The molecule has 1 saturated heterocycles. The number of hydrogen-bond donors (Lipinski definition) is 0. The largest absolute Gasteiger partial charge is 0.444 e. The lowest BCUT2D eigenvalue weighted by atomic mass is 9.94. The maximum Gasteiger partial charge on any atom is 0.410 e. The van der Waals surface area contributed by atoms with E-state index in [2.05, 4.69) is 20.8 Å². The first kappa shape index (κ1) is 18.3. The van der Waals surface area contributed by atoms with Crippen molar-refractivity contribution in [3.8, 4) is 0 Å². The molecule has 0 bridgehead atoms. The van der Waals surface area contributed by atoms with E-state index in [1.54, 1.807) is 4.90 Å². The summed E-state index contributed by atoms with van der Waals surface area (Å²) >= 11 is 0. The van der Waals surface area contributed by atoms with Gasteiger partial charge in [0.15, 0.2) is 0 Å². The van der Waals surface area contributed by atoms with Crippen molar-refractivity contribution >= 4 is 6.09 Å². The summed E-state index contributed by atoms with van der Waals surface area (Å²) in [5, 5.41) is 0. The van der Waals surface area contributed by atoms with Crippen molar-refractivity contribution in [2.24, 2.45) is 5.92 Å². The topological polar surface area (TPSA) is 38.8 Å². The lowest BCUT2D eigenvalue weighted by molar-refractivity contribution is -0.0907. The van der Waals surface area contributed by atoms with Crippen LogP contribution in [0.2, 0.25) is 0 Å². The molecule has 0 N–H and O–H groups in total. The molecule has 1 heterocycles. The summed E-state index contributed by atoms with van der Waals surface area (Å²) < 4.78 is 11.6. The summed E-state index contributed by atoms with van der Waals surface area (Å²) in [6.07, 6.45) is 4.04. The van der Waals surface area contributed by atoms with Crippen molar-refractivity contribution in [2.75, 3.05) is 19.7 Å². The molecule has 1 amide bonds. The number of hydrogen-bond acceptors (Lipinski definition) is 3. The maximum absolute atomic E-state index is 12.2. The van der Waals surface area contributed by atoms with E-state index in [1.165, 1.54) is 0 Å². The molecule has 0 radical (unpaired) electrons. The van der Waals surface area contributed by atoms with E-state index in [0.29, 0.717) is 12.5 Å². The molecule has 1 aliphatic rings. The lowest BCUT2D eigenvalue weighted by Crippen LogP contribution is -2.51. The van der Waals surface area contributed by atoms with Crippen molar-refractivity contribution < 1.29 is 14.3 Å². The Bertz CT molecular complexity index is 333. The molecule has 0 aromatic rings. The van der Waals surface area contributed by atoms with Gasteiger partial charge in [-0.15, -0.1) is 0 Å². The van der Waals surface area contributed by atoms with E-state index < -0.39 is 5.60 Å². The zero-order valence-corrected chi connectivity index (χ0v) is 14.7. The van der Waals surface area contributed by atoms with Crippen LogP contribution >= 0.6 is 0 Å². The van der Waals surface area contributed by atoms with Crippen molar-refractivity contribution in [3.05, 3.63) is 0 Å². The number of ether oxygens (including phenoxy) is 2. The lowest BCUT2D eigenvalue weighted by Gasteiger charge is -2.41. The predicted octanol–water partition coefficient (Wildman–Crippen LogP) is 4.23. The normalized spacial score (nSPS) is 23.5. The number of carbonyl (C=O) groups excluding carboxylic acids is 1. The Labute approximate surface area is 130 Å². The molecule has 1 atom stereocenters. The van der Waals surface area contributed by atoms with Gasteiger partial charge in [-0.3, -0.25) is 0 Å². The Hall–Kier alpha value is -0.770. The molecule has 0 saturated carbocycles. The average Bonchev–Trinajstić information content (AvgIpc) is 2.38. The number of piperidine rings is 1. The molecule has 1 unspecified atom stereocenters. The van der Waals surface area contributed by atoms with Gasteiger partial charge in [-0.1, -0.05) is 26.7 Å². The zero-order chi connectivity index (χ0) is 16.1. The van der Waals surface area contributed by atoms with Crippen LogP contribution in [0.25, 0.3) is 0 Å². The SMILES string of the molecule is CCC(CC)COC1(C)CCCN(C(=O)OC(C)(C)C)C1. The highest BCUT2D eigenvalue weighted by Gasteiger charge is 2.36. The molecule has 0 aromatic carbocycles. The van der Waals surface area contributed by atoms with Gasteiger partial charge in [0.1, 0.15) is 5.60 Å². The molecule has 0 aromatic heterocycles. The smallest absolute Gasteiger partial charge is 0.410 e. The predicted molar refractivity (Wildman–Crippen MR) is 85.5 cm³/mol. The monoisotopic (exact) mass is 299 g/mol. The van der Waals surface area contributed by atoms with Gasteiger partial charge in [-0.2, -0.15) is 0 Å². The quantitative estimate of drug-likeness (QED) is 0.762. The van der Waals surface area contributed by atoms with E-state index in [9.17, 15) is 4.79 Å². The van der Waals surface area contributed by atoms with Crippen LogP contribution in [0.15, 0.2) is 0 Å². The molecule has 124 valence electrons. The molecular formula is C17H33NO3. The van der Waals surface area contributed by atoms with E-state index in [4.69, 9.17) is 9.47 Å². The summed E-state index contributed by atoms with van der Waals surface area (Å²) in [6, 6.07) is 0. The molecular weight excluding hydrogens is 266 g/mol. The van der Waals surface area contributed by atoms with Crippen LogP contribution in [0.4, 0.5) is 4.79 Å². The zero-order valence-electron chi connectivity index (χ0n) is 14.7. The van der Waals surface area contributed by atoms with Gasteiger partial charge in [0.05, 0.1) is 18.8 Å². The average molecular weight is 299 g/mol. The van der Waals surface area contributed by atoms with Gasteiger partial charge in [0.25, 0.3) is 0 Å². The molecule has 1 fully saturated rings. The first-order valence-electron chi connectivity index (χ1n) is 8.31. The fraction of sp³-hybridized carbons (Fsp3) is 0.941. The number of likely N-dealkylation sites (tertiary alicyclic amines) is 1. The van der Waals surface area contributed by atoms with Crippen LogP contribution in [0.3, 0.4) is 0 Å². The minimum absolute atomic E-state index is 0.223. The molecule has 4 nitrogen and oxygen atoms in total. The highest BCUT2D eigenvalue weighted by Crippen LogP contribution is 2.27. The van der Waals surface area contributed by atoms with Gasteiger partial charge in [0, 0.05) is 6.54 Å². The summed E-state index contributed by atoms with van der Waals surface area (Å²) in [5.74, 6) is 0.610. The van der Waals surface area contributed by atoms with E-state index in [0.717, 1.165) is 38.8 Å². The maximum atomic E-state index is 12.2. The summed E-state index contributed by atoms with van der Waals surface area (Å²) in [7, 11) is 0. The van der Waals surface area contributed by atoms with Crippen LogP contribution in [0, 0.1) is 5.92 Å². The van der Waals surface area contributed by atoms with E-state index >= 15 is 0 Å². The Morgan fingerprint density at radius 3 is 2.43 bits per heavy atom. The Balaban J connectivity index is 2.55. The first-order chi connectivity index (χ1) is 9.69. The third kappa shape index (κ3) is 6.25. The number of rotatable bonds is 5. The molecule has 0 spiro atoms. The van der Waals surface area contributed by atoms with Crippen molar-refractivity contribution in [1.82, 2.24) is 4.90 Å². The molecule has 0 aliphatic carbocycles.